The molecule has 0 unspecified atom stereocenters. The number of rotatable bonds is 6. The van der Waals surface area contributed by atoms with Gasteiger partial charge in [0, 0.05) is 40.8 Å². The van der Waals surface area contributed by atoms with Crippen LogP contribution in [0.1, 0.15) is 10.4 Å². The van der Waals surface area contributed by atoms with Gasteiger partial charge in [-0.2, -0.15) is 0 Å². The molecule has 0 radical (unpaired) electrons. The number of amides is 1. The van der Waals surface area contributed by atoms with E-state index in [4.69, 9.17) is 11.6 Å². The van der Waals surface area contributed by atoms with Gasteiger partial charge in [-0.1, -0.05) is 11.6 Å². The molecule has 1 N–H and O–H groups in total. The van der Waals surface area contributed by atoms with Crippen LogP contribution in [0, 0.1) is 0 Å². The topological polar surface area (TPSA) is 59.8 Å². The number of halogens is 1. The normalized spacial score (nSPS) is 10.5. The van der Waals surface area contributed by atoms with E-state index in [1.807, 2.05) is 24.3 Å². The van der Waals surface area contributed by atoms with Gasteiger partial charge < -0.3 is 5.32 Å². The summed E-state index contributed by atoms with van der Waals surface area (Å²) in [6.07, 6.45) is 6.71. The minimum atomic E-state index is -0.128. The Morgan fingerprint density at radius 2 is 2.04 bits per heavy atom. The molecule has 0 saturated carbocycles. The van der Waals surface area contributed by atoms with Crippen molar-refractivity contribution in [2.45, 2.75) is 4.90 Å². The van der Waals surface area contributed by atoms with Crippen LogP contribution in [0.3, 0.4) is 0 Å². The molecular weight excluding hydrogens is 344 g/mol. The molecule has 2 aromatic heterocycles. The van der Waals surface area contributed by atoms with E-state index in [0.29, 0.717) is 12.1 Å². The fraction of sp³-hybridized carbons (Fsp3) is 0.118. The van der Waals surface area contributed by atoms with Gasteiger partial charge in [0.2, 0.25) is 0 Å². The quantitative estimate of drug-likeness (QED) is 0.541. The van der Waals surface area contributed by atoms with Gasteiger partial charge in [0.05, 0.1) is 5.56 Å². The molecular formula is C17H15ClN4OS. The number of carbonyl (C=O) groups excluding carboxylic acids is 1. The van der Waals surface area contributed by atoms with Gasteiger partial charge >= 0.3 is 0 Å². The van der Waals surface area contributed by atoms with E-state index in [0.717, 1.165) is 21.5 Å². The van der Waals surface area contributed by atoms with Crippen molar-refractivity contribution in [3.8, 4) is 5.82 Å². The second kappa shape index (κ2) is 7.99. The third kappa shape index (κ3) is 4.37. The smallest absolute Gasteiger partial charge is 0.252 e. The lowest BCUT2D eigenvalue weighted by atomic mass is 10.2. The Morgan fingerprint density at radius 3 is 2.71 bits per heavy atom. The summed E-state index contributed by atoms with van der Waals surface area (Å²) in [5, 5.41) is 3.61. The number of pyridine rings is 1. The second-order valence-corrected chi connectivity index (χ2v) is 6.54. The molecule has 24 heavy (non-hydrogen) atoms. The highest BCUT2D eigenvalue weighted by Crippen LogP contribution is 2.19. The molecule has 0 aliphatic carbocycles. The minimum Gasteiger partial charge on any atom is -0.351 e. The largest absolute Gasteiger partial charge is 0.351 e. The Labute approximate surface area is 149 Å². The molecule has 7 heteroatoms. The molecule has 3 rings (SSSR count). The summed E-state index contributed by atoms with van der Waals surface area (Å²) in [4.78, 5) is 21.5. The first-order valence-electron chi connectivity index (χ1n) is 7.33. The van der Waals surface area contributed by atoms with Gasteiger partial charge in [-0.05, 0) is 36.4 Å². The molecule has 5 nitrogen and oxygen atoms in total. The Hall–Kier alpha value is -2.31. The van der Waals surface area contributed by atoms with Gasteiger partial charge in [-0.15, -0.1) is 11.8 Å². The summed E-state index contributed by atoms with van der Waals surface area (Å²) in [5.41, 5.74) is 0.537. The van der Waals surface area contributed by atoms with Crippen molar-refractivity contribution in [3.63, 3.8) is 0 Å². The highest BCUT2D eigenvalue weighted by Gasteiger charge is 2.06. The van der Waals surface area contributed by atoms with Gasteiger partial charge in [0.1, 0.15) is 12.1 Å². The third-order valence-electron chi connectivity index (χ3n) is 3.25. The molecule has 0 aliphatic heterocycles. The van der Waals surface area contributed by atoms with Gasteiger partial charge in [0.25, 0.3) is 5.91 Å². The third-order valence-corrected chi connectivity index (χ3v) is 4.51. The summed E-state index contributed by atoms with van der Waals surface area (Å²) in [5.74, 6) is 1.38. The highest BCUT2D eigenvalue weighted by molar-refractivity contribution is 7.99. The number of hydrogen-bond acceptors (Lipinski definition) is 4. The van der Waals surface area contributed by atoms with E-state index in [1.165, 1.54) is 0 Å². The average molecular weight is 359 g/mol. The van der Waals surface area contributed by atoms with Crippen LogP contribution >= 0.6 is 23.4 Å². The van der Waals surface area contributed by atoms with E-state index in [2.05, 4.69) is 15.3 Å². The number of hydrogen-bond donors (Lipinski definition) is 1. The molecule has 1 amide bonds. The van der Waals surface area contributed by atoms with Crippen LogP contribution in [-0.2, 0) is 0 Å². The highest BCUT2D eigenvalue weighted by atomic mass is 35.5. The maximum atomic E-state index is 12.1. The van der Waals surface area contributed by atoms with Crippen molar-refractivity contribution >= 4 is 29.3 Å². The molecule has 0 fully saturated rings. The number of nitrogens with zero attached hydrogens (tertiary/aromatic N) is 3. The predicted octanol–water partition coefficient (Wildman–Crippen LogP) is 3.44. The predicted molar refractivity (Wildman–Crippen MR) is 95.9 cm³/mol. The first-order chi connectivity index (χ1) is 11.7. The van der Waals surface area contributed by atoms with E-state index in [1.54, 1.807) is 53.4 Å². The molecule has 2 heterocycles. The molecule has 0 aliphatic rings. The lowest BCUT2D eigenvalue weighted by Gasteiger charge is -2.06. The standard InChI is InChI=1S/C17H15ClN4OS/c18-14-2-4-15(5-3-14)24-10-8-20-17(23)13-1-6-16(21-11-13)22-9-7-19-12-22/h1-7,9,11-12H,8,10H2,(H,20,23). The lowest BCUT2D eigenvalue weighted by Crippen LogP contribution is -2.25. The Morgan fingerprint density at radius 1 is 1.21 bits per heavy atom. The van der Waals surface area contributed by atoms with Crippen molar-refractivity contribution in [2.24, 2.45) is 0 Å². The fourth-order valence-corrected chi connectivity index (χ4v) is 2.93. The van der Waals surface area contributed by atoms with Crippen LogP contribution in [0.15, 0.2) is 66.2 Å². The van der Waals surface area contributed by atoms with E-state index < -0.39 is 0 Å². The molecule has 0 bridgehead atoms. The van der Waals surface area contributed by atoms with Crippen LogP contribution in [0.25, 0.3) is 5.82 Å². The number of carbonyl (C=O) groups is 1. The first-order valence-corrected chi connectivity index (χ1v) is 8.70. The monoisotopic (exact) mass is 358 g/mol. The Bertz CT molecular complexity index is 788. The van der Waals surface area contributed by atoms with E-state index in [-0.39, 0.29) is 5.91 Å². The molecule has 0 atom stereocenters. The van der Waals surface area contributed by atoms with Crippen molar-refractivity contribution in [2.75, 3.05) is 12.3 Å². The number of imidazole rings is 1. The van der Waals surface area contributed by atoms with Crippen molar-refractivity contribution in [3.05, 3.63) is 71.9 Å². The van der Waals surface area contributed by atoms with Crippen molar-refractivity contribution in [1.82, 2.24) is 19.9 Å². The Balaban J connectivity index is 1.47. The zero-order valence-electron chi connectivity index (χ0n) is 12.7. The molecule has 122 valence electrons. The van der Waals surface area contributed by atoms with Crippen molar-refractivity contribution < 1.29 is 4.79 Å². The second-order valence-electron chi connectivity index (χ2n) is 4.93. The summed E-state index contributed by atoms with van der Waals surface area (Å²) in [7, 11) is 0. The summed E-state index contributed by atoms with van der Waals surface area (Å²) < 4.78 is 1.78. The number of nitrogens with one attached hydrogen (secondary N) is 1. The van der Waals surface area contributed by atoms with Crippen molar-refractivity contribution in [1.29, 1.82) is 0 Å². The van der Waals surface area contributed by atoms with Crippen LogP contribution in [0.5, 0.6) is 0 Å². The average Bonchev–Trinajstić information content (AvgIpc) is 3.15. The van der Waals surface area contributed by atoms with Crippen LogP contribution in [-0.4, -0.2) is 32.7 Å². The maximum absolute atomic E-state index is 12.1. The van der Waals surface area contributed by atoms with Gasteiger partial charge in [-0.25, -0.2) is 9.97 Å². The summed E-state index contributed by atoms with van der Waals surface area (Å²) in [6.45, 7) is 0.579. The van der Waals surface area contributed by atoms with E-state index in [9.17, 15) is 4.79 Å². The number of thioether (sulfide) groups is 1. The van der Waals surface area contributed by atoms with E-state index >= 15 is 0 Å². The molecule has 0 saturated heterocycles. The summed E-state index contributed by atoms with van der Waals surface area (Å²) in [6, 6.07) is 11.2. The molecule has 0 spiro atoms. The zero-order chi connectivity index (χ0) is 16.8. The lowest BCUT2D eigenvalue weighted by molar-refractivity contribution is 0.0956. The summed E-state index contributed by atoms with van der Waals surface area (Å²) >= 11 is 7.52. The number of benzene rings is 1. The van der Waals surface area contributed by atoms with Gasteiger partial charge in [0.15, 0.2) is 0 Å². The number of aromatic nitrogens is 3. The minimum absolute atomic E-state index is 0.128. The first kappa shape index (κ1) is 16.5. The molecule has 3 aromatic rings. The molecule has 1 aromatic carbocycles. The van der Waals surface area contributed by atoms with Crippen LogP contribution < -0.4 is 5.32 Å². The zero-order valence-corrected chi connectivity index (χ0v) is 14.3. The SMILES string of the molecule is O=C(NCCSc1ccc(Cl)cc1)c1ccc(-n2ccnc2)nc1. The van der Waals surface area contributed by atoms with Gasteiger partial charge in [-0.3, -0.25) is 9.36 Å². The van der Waals surface area contributed by atoms with Crippen LogP contribution in [0.2, 0.25) is 5.02 Å². The Kier molecular flexibility index (Phi) is 5.51. The van der Waals surface area contributed by atoms with Crippen LogP contribution in [0.4, 0.5) is 0 Å². The fourth-order valence-electron chi connectivity index (χ4n) is 2.03. The maximum Gasteiger partial charge on any atom is 0.252 e.